The number of piperazine rings is 1. The maximum absolute atomic E-state index is 13.1. The van der Waals surface area contributed by atoms with E-state index in [1.807, 2.05) is 49.2 Å². The summed E-state index contributed by atoms with van der Waals surface area (Å²) in [5.74, 6) is 0.0477. The van der Waals surface area contributed by atoms with Crippen molar-refractivity contribution in [2.75, 3.05) is 6.54 Å². The molecule has 2 atom stereocenters. The average Bonchev–Trinajstić information content (AvgIpc) is 3.23. The molecule has 0 spiro atoms. The number of aromatic amines is 1. The van der Waals surface area contributed by atoms with E-state index in [1.54, 1.807) is 0 Å². The van der Waals surface area contributed by atoms with Crippen LogP contribution in [0.3, 0.4) is 0 Å². The van der Waals surface area contributed by atoms with E-state index in [0.29, 0.717) is 19.4 Å². The van der Waals surface area contributed by atoms with Crippen LogP contribution in [0.4, 0.5) is 0 Å². The topological polar surface area (TPSA) is 65.2 Å². The van der Waals surface area contributed by atoms with Gasteiger partial charge in [0.25, 0.3) is 0 Å². The molecule has 5 nitrogen and oxygen atoms in total. The molecular weight excluding hydrogens is 326 g/mol. The number of para-hydroxylation sites is 1. The minimum absolute atomic E-state index is 0.00283. The molecule has 0 saturated carbocycles. The van der Waals surface area contributed by atoms with Gasteiger partial charge in [-0.3, -0.25) is 9.59 Å². The summed E-state index contributed by atoms with van der Waals surface area (Å²) in [5, 5.41) is 4.14. The second-order valence-corrected chi connectivity index (χ2v) is 7.70. The first-order chi connectivity index (χ1) is 12.5. The number of carbonyl (C=O) groups is 2. The van der Waals surface area contributed by atoms with Crippen molar-refractivity contribution in [2.24, 2.45) is 0 Å². The van der Waals surface area contributed by atoms with Crippen LogP contribution in [0.25, 0.3) is 10.9 Å². The molecule has 2 fully saturated rings. The summed E-state index contributed by atoms with van der Waals surface area (Å²) in [6.07, 6.45) is 6.77. The molecule has 0 bridgehead atoms. The maximum atomic E-state index is 13.1. The number of hydrogen-bond donors (Lipinski definition) is 2. The number of carbonyl (C=O) groups excluding carboxylic acids is 2. The van der Waals surface area contributed by atoms with Crippen molar-refractivity contribution in [3.63, 3.8) is 0 Å². The Kier molecular flexibility index (Phi) is 4.10. The first-order valence-electron chi connectivity index (χ1n) is 9.32. The van der Waals surface area contributed by atoms with Crippen molar-refractivity contribution in [3.8, 4) is 0 Å². The number of nitrogens with one attached hydrogen (secondary N) is 2. The van der Waals surface area contributed by atoms with Crippen LogP contribution in [0, 0.1) is 0 Å². The van der Waals surface area contributed by atoms with Crippen LogP contribution in [0.2, 0.25) is 0 Å². The fraction of sp³-hybridized carbons (Fsp3) is 0.429. The van der Waals surface area contributed by atoms with Gasteiger partial charge in [0.2, 0.25) is 11.8 Å². The summed E-state index contributed by atoms with van der Waals surface area (Å²) in [7, 11) is 0. The molecule has 2 aliphatic rings. The molecule has 26 heavy (non-hydrogen) atoms. The number of hydrogen-bond acceptors (Lipinski definition) is 2. The molecule has 4 rings (SSSR count). The fourth-order valence-electron chi connectivity index (χ4n) is 4.31. The van der Waals surface area contributed by atoms with E-state index in [0.717, 1.165) is 29.3 Å². The Morgan fingerprint density at radius 2 is 2.12 bits per heavy atom. The Balaban J connectivity index is 1.60. The van der Waals surface area contributed by atoms with Crippen molar-refractivity contribution in [3.05, 3.63) is 47.7 Å². The molecule has 1 aromatic heterocycles. The number of benzene rings is 1. The normalized spacial score (nSPS) is 25.3. The number of rotatable bonds is 4. The van der Waals surface area contributed by atoms with E-state index >= 15 is 0 Å². The molecule has 0 radical (unpaired) electrons. The minimum Gasteiger partial charge on any atom is -0.361 e. The van der Waals surface area contributed by atoms with Gasteiger partial charge in [-0.05, 0) is 44.7 Å². The van der Waals surface area contributed by atoms with Crippen LogP contribution in [-0.2, 0) is 16.0 Å². The third kappa shape index (κ3) is 2.62. The lowest BCUT2D eigenvalue weighted by molar-refractivity contribution is -0.154. The van der Waals surface area contributed by atoms with E-state index in [4.69, 9.17) is 0 Å². The molecule has 1 unspecified atom stereocenters. The Morgan fingerprint density at radius 3 is 2.92 bits per heavy atom. The number of fused-ring (bicyclic) bond motifs is 2. The van der Waals surface area contributed by atoms with E-state index in [1.165, 1.54) is 5.57 Å². The number of amides is 2. The lowest BCUT2D eigenvalue weighted by Gasteiger charge is -2.43. The molecule has 3 heterocycles. The largest absolute Gasteiger partial charge is 0.361 e. The molecule has 2 N–H and O–H groups in total. The third-order valence-corrected chi connectivity index (χ3v) is 5.73. The lowest BCUT2D eigenvalue weighted by atomic mass is 9.86. The molecule has 2 amide bonds. The van der Waals surface area contributed by atoms with Gasteiger partial charge >= 0.3 is 0 Å². The minimum atomic E-state index is -0.689. The van der Waals surface area contributed by atoms with Gasteiger partial charge in [-0.1, -0.05) is 29.8 Å². The summed E-state index contributed by atoms with van der Waals surface area (Å²) < 4.78 is 0. The summed E-state index contributed by atoms with van der Waals surface area (Å²) in [6.45, 7) is 4.73. The third-order valence-electron chi connectivity index (χ3n) is 5.73. The number of nitrogens with zero attached hydrogens (tertiary/aromatic N) is 1. The van der Waals surface area contributed by atoms with Crippen LogP contribution in [0.1, 0.15) is 38.7 Å². The van der Waals surface area contributed by atoms with Crippen LogP contribution in [0.15, 0.2) is 42.1 Å². The number of aromatic nitrogens is 1. The first-order valence-corrected chi connectivity index (χ1v) is 9.32. The first kappa shape index (κ1) is 16.9. The Bertz CT molecular complexity index is 894. The van der Waals surface area contributed by atoms with E-state index in [9.17, 15) is 9.59 Å². The Morgan fingerprint density at radius 1 is 1.31 bits per heavy atom. The van der Waals surface area contributed by atoms with Crippen molar-refractivity contribution in [1.82, 2.24) is 15.2 Å². The van der Waals surface area contributed by atoms with E-state index < -0.39 is 11.6 Å². The van der Waals surface area contributed by atoms with E-state index in [-0.39, 0.29) is 11.8 Å². The fourth-order valence-corrected chi connectivity index (χ4v) is 4.31. The highest BCUT2D eigenvalue weighted by molar-refractivity contribution is 6.01. The summed E-state index contributed by atoms with van der Waals surface area (Å²) in [4.78, 5) is 31.2. The van der Waals surface area contributed by atoms with Crippen molar-refractivity contribution in [1.29, 1.82) is 0 Å². The predicted octanol–water partition coefficient (Wildman–Crippen LogP) is 2.93. The molecule has 136 valence electrons. The van der Waals surface area contributed by atoms with Crippen LogP contribution in [0.5, 0.6) is 0 Å². The van der Waals surface area contributed by atoms with Gasteiger partial charge in [-0.2, -0.15) is 0 Å². The van der Waals surface area contributed by atoms with Crippen molar-refractivity contribution in [2.45, 2.75) is 51.1 Å². The van der Waals surface area contributed by atoms with Crippen molar-refractivity contribution < 1.29 is 9.59 Å². The highest BCUT2D eigenvalue weighted by atomic mass is 16.2. The van der Waals surface area contributed by atoms with Crippen LogP contribution < -0.4 is 5.32 Å². The highest BCUT2D eigenvalue weighted by Crippen LogP contribution is 2.37. The number of H-pyrrole nitrogens is 1. The lowest BCUT2D eigenvalue weighted by Crippen LogP contribution is -2.68. The Hall–Kier alpha value is -2.56. The monoisotopic (exact) mass is 351 g/mol. The molecule has 0 aliphatic carbocycles. The predicted molar refractivity (Wildman–Crippen MR) is 102 cm³/mol. The molecule has 2 saturated heterocycles. The molecular formula is C21H25N3O2. The van der Waals surface area contributed by atoms with Gasteiger partial charge in [0.05, 0.1) is 0 Å². The quantitative estimate of drug-likeness (QED) is 0.832. The highest BCUT2D eigenvalue weighted by Gasteiger charge is 2.54. The van der Waals surface area contributed by atoms with E-state index in [2.05, 4.69) is 16.4 Å². The number of allylic oxidation sites excluding steroid dienone is 1. The molecule has 2 aromatic rings. The zero-order chi connectivity index (χ0) is 18.3. The average molecular weight is 351 g/mol. The van der Waals surface area contributed by atoms with Gasteiger partial charge in [0.15, 0.2) is 0 Å². The summed E-state index contributed by atoms with van der Waals surface area (Å²) in [5.41, 5.74) is 2.60. The zero-order valence-electron chi connectivity index (χ0n) is 15.3. The standard InChI is InChI=1S/C21H25N3O2/c1-14(2)8-10-21-9-5-11-24(21)19(25)18(23-20(21)26)12-15-13-22-17-7-4-3-6-16(15)17/h3-4,6-8,13,18,22H,5,9-12H2,1-2H3,(H,23,26)/t18-,21?/m0/s1. The second-order valence-electron chi connectivity index (χ2n) is 7.70. The molecule has 2 aliphatic heterocycles. The van der Waals surface area contributed by atoms with Crippen molar-refractivity contribution >= 4 is 22.7 Å². The summed E-state index contributed by atoms with van der Waals surface area (Å²) in [6, 6.07) is 7.56. The van der Waals surface area contributed by atoms with Gasteiger partial charge < -0.3 is 15.2 Å². The Labute approximate surface area is 153 Å². The summed E-state index contributed by atoms with van der Waals surface area (Å²) >= 11 is 0. The smallest absolute Gasteiger partial charge is 0.246 e. The van der Waals surface area contributed by atoms with Crippen LogP contribution in [-0.4, -0.2) is 39.8 Å². The zero-order valence-corrected chi connectivity index (χ0v) is 15.3. The molecule has 1 aromatic carbocycles. The molecule has 5 heteroatoms. The second kappa shape index (κ2) is 6.31. The van der Waals surface area contributed by atoms with Gasteiger partial charge in [0.1, 0.15) is 11.6 Å². The SMILES string of the molecule is CC(C)=CCC12CCCN1C(=O)[C@H](Cc1c[nH]c3ccccc13)NC2=O. The maximum Gasteiger partial charge on any atom is 0.246 e. The van der Waals surface area contributed by atoms with Gasteiger partial charge in [-0.15, -0.1) is 0 Å². The van der Waals surface area contributed by atoms with Gasteiger partial charge in [0, 0.05) is 30.1 Å². The van der Waals surface area contributed by atoms with Gasteiger partial charge in [-0.25, -0.2) is 0 Å². The van der Waals surface area contributed by atoms with Crippen LogP contribution >= 0.6 is 0 Å².